The van der Waals surface area contributed by atoms with Crippen LogP contribution in [0.5, 0.6) is 0 Å². The van der Waals surface area contributed by atoms with Gasteiger partial charge < -0.3 is 10.4 Å². The largest absolute Gasteiger partial charge is 0.450 e. The van der Waals surface area contributed by atoms with Crippen LogP contribution in [-0.4, -0.2) is 24.4 Å². The highest BCUT2D eigenvalue weighted by Crippen LogP contribution is 1.58. The van der Waals surface area contributed by atoms with Crippen molar-refractivity contribution < 1.29 is 15.0 Å². The van der Waals surface area contributed by atoms with Crippen molar-refractivity contribution in [3.05, 3.63) is 0 Å². The lowest BCUT2D eigenvalue weighted by Gasteiger charge is -1.88. The van der Waals surface area contributed by atoms with Crippen molar-refractivity contribution >= 4 is 6.09 Å². The van der Waals surface area contributed by atoms with Crippen molar-refractivity contribution in [3.8, 4) is 0 Å². The molecular formula is C3H6NO3. The molecule has 0 heterocycles. The van der Waals surface area contributed by atoms with Gasteiger partial charge in [0.25, 0.3) is 0 Å². The van der Waals surface area contributed by atoms with E-state index in [1.165, 1.54) is 0 Å². The zero-order valence-electron chi connectivity index (χ0n) is 3.68. The van der Waals surface area contributed by atoms with E-state index in [1.54, 1.807) is 0 Å². The van der Waals surface area contributed by atoms with Crippen LogP contribution in [-0.2, 0) is 5.11 Å². The minimum Gasteiger partial charge on any atom is -0.395 e. The molecule has 0 aliphatic carbocycles. The number of aliphatic hydroxyl groups excluding tert-OH is 1. The molecule has 0 aromatic heterocycles. The van der Waals surface area contributed by atoms with Gasteiger partial charge in [-0.15, -0.1) is 0 Å². The van der Waals surface area contributed by atoms with Crippen LogP contribution >= 0.6 is 0 Å². The van der Waals surface area contributed by atoms with Crippen LogP contribution in [0.2, 0.25) is 0 Å². The Morgan fingerprint density at radius 2 is 2.29 bits per heavy atom. The molecule has 0 saturated heterocycles. The first-order valence-electron chi connectivity index (χ1n) is 1.83. The van der Waals surface area contributed by atoms with Gasteiger partial charge in [-0.3, -0.25) is 0 Å². The van der Waals surface area contributed by atoms with Gasteiger partial charge in [0.05, 0.1) is 6.61 Å². The van der Waals surface area contributed by atoms with Gasteiger partial charge in [-0.2, -0.15) is 0 Å². The fourth-order valence-corrected chi connectivity index (χ4v) is 0.158. The number of hydrogen-bond acceptors (Lipinski definition) is 2. The molecule has 41 valence electrons. The molecule has 0 spiro atoms. The molecule has 4 nitrogen and oxygen atoms in total. The first kappa shape index (κ1) is 6.23. The van der Waals surface area contributed by atoms with Crippen LogP contribution in [0.1, 0.15) is 0 Å². The molecule has 0 rings (SSSR count). The summed E-state index contributed by atoms with van der Waals surface area (Å²) in [6, 6.07) is 0. The molecule has 1 radical (unpaired) electrons. The highest BCUT2D eigenvalue weighted by atomic mass is 16.4. The molecule has 0 bridgehead atoms. The van der Waals surface area contributed by atoms with Crippen LogP contribution in [0.3, 0.4) is 0 Å². The standard InChI is InChI=1S/C3H6NO3/c5-2-1-4-3(6)7/h4-5H,1-2H2. The van der Waals surface area contributed by atoms with Crippen molar-refractivity contribution in [2.24, 2.45) is 0 Å². The highest BCUT2D eigenvalue weighted by molar-refractivity contribution is 5.63. The lowest BCUT2D eigenvalue weighted by Crippen LogP contribution is -2.22. The van der Waals surface area contributed by atoms with Crippen LogP contribution in [0.4, 0.5) is 4.79 Å². The summed E-state index contributed by atoms with van der Waals surface area (Å²) in [5.41, 5.74) is 0. The predicted molar refractivity (Wildman–Crippen MR) is 21.2 cm³/mol. The Kier molecular flexibility index (Phi) is 3.04. The Bertz CT molecular complexity index is 63.2. The van der Waals surface area contributed by atoms with E-state index in [1.807, 2.05) is 5.32 Å². The maximum Gasteiger partial charge on any atom is 0.450 e. The monoisotopic (exact) mass is 104 g/mol. The molecule has 0 aromatic carbocycles. The Balaban J connectivity index is 2.82. The Labute approximate surface area is 40.8 Å². The van der Waals surface area contributed by atoms with E-state index in [9.17, 15) is 9.90 Å². The molecule has 0 aliphatic rings. The topological polar surface area (TPSA) is 69.2 Å². The number of hydrogen-bond donors (Lipinski definition) is 2. The predicted octanol–water partition coefficient (Wildman–Crippen LogP) is -0.881. The first-order chi connectivity index (χ1) is 3.27. The van der Waals surface area contributed by atoms with Gasteiger partial charge in [-0.05, 0) is 0 Å². The van der Waals surface area contributed by atoms with Crippen LogP contribution in [0.15, 0.2) is 0 Å². The van der Waals surface area contributed by atoms with Crippen LogP contribution in [0, 0.1) is 0 Å². The van der Waals surface area contributed by atoms with Crippen LogP contribution < -0.4 is 5.32 Å². The third kappa shape index (κ3) is 5.23. The van der Waals surface area contributed by atoms with Gasteiger partial charge >= 0.3 is 6.09 Å². The molecule has 0 atom stereocenters. The SMILES string of the molecule is [O]C(=O)NCCO. The smallest absolute Gasteiger partial charge is 0.395 e. The lowest BCUT2D eigenvalue weighted by molar-refractivity contribution is 0.165. The minimum absolute atomic E-state index is 0.0440. The molecule has 1 amide bonds. The van der Waals surface area contributed by atoms with Gasteiger partial charge in [0.2, 0.25) is 0 Å². The van der Waals surface area contributed by atoms with Gasteiger partial charge in [-0.1, -0.05) is 0 Å². The summed E-state index contributed by atoms with van der Waals surface area (Å²) in [6.45, 7) is -0.143. The normalized spacial score (nSPS) is 8.14. The highest BCUT2D eigenvalue weighted by Gasteiger charge is 1.90. The van der Waals surface area contributed by atoms with E-state index < -0.39 is 6.09 Å². The summed E-state index contributed by atoms with van der Waals surface area (Å²) in [5, 5.41) is 19.2. The van der Waals surface area contributed by atoms with Gasteiger partial charge in [-0.25, -0.2) is 9.90 Å². The second kappa shape index (κ2) is 3.42. The number of carbonyl (C=O) groups is 1. The molecule has 4 heteroatoms. The van der Waals surface area contributed by atoms with E-state index >= 15 is 0 Å². The van der Waals surface area contributed by atoms with Crippen molar-refractivity contribution in [1.82, 2.24) is 5.32 Å². The maximum atomic E-state index is 9.42. The number of amides is 1. The molecular weight excluding hydrogens is 98.0 g/mol. The van der Waals surface area contributed by atoms with Crippen LogP contribution in [0.25, 0.3) is 0 Å². The van der Waals surface area contributed by atoms with Gasteiger partial charge in [0, 0.05) is 6.54 Å². The quantitative estimate of drug-likeness (QED) is 0.477. The van der Waals surface area contributed by atoms with E-state index in [2.05, 4.69) is 0 Å². The zero-order chi connectivity index (χ0) is 5.70. The third-order valence-electron chi connectivity index (χ3n) is 0.381. The zero-order valence-corrected chi connectivity index (χ0v) is 3.68. The summed E-state index contributed by atoms with van der Waals surface area (Å²) in [5.74, 6) is 0. The van der Waals surface area contributed by atoms with Gasteiger partial charge in [0.1, 0.15) is 0 Å². The molecule has 0 unspecified atom stereocenters. The van der Waals surface area contributed by atoms with Crippen molar-refractivity contribution in [2.75, 3.05) is 13.2 Å². The second-order valence-electron chi connectivity index (χ2n) is 0.938. The lowest BCUT2D eigenvalue weighted by atomic mass is 10.7. The molecule has 0 aromatic rings. The van der Waals surface area contributed by atoms with E-state index in [4.69, 9.17) is 5.11 Å². The molecule has 0 fully saturated rings. The van der Waals surface area contributed by atoms with E-state index in [-0.39, 0.29) is 13.2 Å². The number of nitrogens with one attached hydrogen (secondary N) is 1. The second-order valence-corrected chi connectivity index (χ2v) is 0.938. The molecule has 0 aliphatic heterocycles. The molecule has 2 N–H and O–H groups in total. The first-order valence-corrected chi connectivity index (χ1v) is 1.83. The Morgan fingerprint density at radius 1 is 1.71 bits per heavy atom. The Hall–Kier alpha value is -0.770. The summed E-state index contributed by atoms with van der Waals surface area (Å²) >= 11 is 0. The fraction of sp³-hybridized carbons (Fsp3) is 0.667. The fourth-order valence-electron chi connectivity index (χ4n) is 0.158. The van der Waals surface area contributed by atoms with E-state index in [0.717, 1.165) is 0 Å². The Morgan fingerprint density at radius 3 is 2.43 bits per heavy atom. The van der Waals surface area contributed by atoms with E-state index in [0.29, 0.717) is 0 Å². The molecule has 7 heavy (non-hydrogen) atoms. The number of rotatable bonds is 2. The molecule has 0 saturated carbocycles. The van der Waals surface area contributed by atoms with Crippen molar-refractivity contribution in [3.63, 3.8) is 0 Å². The summed E-state index contributed by atoms with van der Waals surface area (Å²) in [7, 11) is 0. The minimum atomic E-state index is -1.35. The summed E-state index contributed by atoms with van der Waals surface area (Å²) < 4.78 is 0. The average molecular weight is 104 g/mol. The van der Waals surface area contributed by atoms with Crippen molar-refractivity contribution in [1.29, 1.82) is 0 Å². The third-order valence-corrected chi connectivity index (χ3v) is 0.381. The number of carbonyl (C=O) groups excluding carboxylic acids is 1. The average Bonchev–Trinajstić information content (AvgIpc) is 1.61. The number of aliphatic hydroxyl groups is 1. The maximum absolute atomic E-state index is 9.42. The summed E-state index contributed by atoms with van der Waals surface area (Å²) in [6.07, 6.45) is -1.35. The van der Waals surface area contributed by atoms with Crippen molar-refractivity contribution in [2.45, 2.75) is 0 Å². The summed E-state index contributed by atoms with van der Waals surface area (Å²) in [4.78, 5) is 9.42. The van der Waals surface area contributed by atoms with Gasteiger partial charge in [0.15, 0.2) is 0 Å².